The minimum Gasteiger partial charge on any atom is -0.383 e. The molecule has 0 fully saturated rings. The van der Waals surface area contributed by atoms with E-state index in [4.69, 9.17) is 5.73 Å². The zero-order valence-electron chi connectivity index (χ0n) is 10.3. The molecule has 0 unspecified atom stereocenters. The van der Waals surface area contributed by atoms with Gasteiger partial charge in [0.1, 0.15) is 5.82 Å². The third-order valence-corrected chi connectivity index (χ3v) is 2.91. The molecule has 1 aromatic carbocycles. The van der Waals surface area contributed by atoms with Gasteiger partial charge in [0.15, 0.2) is 0 Å². The molecule has 0 saturated carbocycles. The minimum absolute atomic E-state index is 0.148. The lowest BCUT2D eigenvalue weighted by Crippen LogP contribution is -2.10. The van der Waals surface area contributed by atoms with Gasteiger partial charge in [-0.15, -0.1) is 0 Å². The lowest BCUT2D eigenvalue weighted by atomic mass is 9.86. The Morgan fingerprint density at radius 1 is 1.12 bits per heavy atom. The molecule has 2 aromatic rings. The van der Waals surface area contributed by atoms with Gasteiger partial charge in [-0.25, -0.2) is 4.98 Å². The van der Waals surface area contributed by atoms with Crippen LogP contribution in [0.15, 0.2) is 24.3 Å². The van der Waals surface area contributed by atoms with Crippen molar-refractivity contribution in [3.63, 3.8) is 0 Å². The molecular weight excluding hydrogens is 196 g/mol. The molecule has 2 N–H and O–H groups in total. The van der Waals surface area contributed by atoms with E-state index >= 15 is 0 Å². The normalized spacial score (nSPS) is 12.0. The van der Waals surface area contributed by atoms with Crippen LogP contribution in [0, 0.1) is 6.92 Å². The van der Waals surface area contributed by atoms with E-state index in [1.165, 1.54) is 5.56 Å². The first-order valence-corrected chi connectivity index (χ1v) is 5.55. The molecule has 0 saturated heterocycles. The molecular formula is C14H18N2. The van der Waals surface area contributed by atoms with Crippen molar-refractivity contribution in [2.75, 3.05) is 5.73 Å². The molecule has 84 valence electrons. The third-order valence-electron chi connectivity index (χ3n) is 2.91. The van der Waals surface area contributed by atoms with Crippen molar-refractivity contribution < 1.29 is 0 Å². The number of hydrogen-bond acceptors (Lipinski definition) is 2. The number of aromatic nitrogens is 1. The van der Waals surface area contributed by atoms with E-state index in [9.17, 15) is 0 Å². The maximum absolute atomic E-state index is 5.83. The number of pyridine rings is 1. The lowest BCUT2D eigenvalue weighted by molar-refractivity contribution is 0.591. The van der Waals surface area contributed by atoms with Crippen LogP contribution in [-0.4, -0.2) is 4.98 Å². The first kappa shape index (κ1) is 10.9. The summed E-state index contributed by atoms with van der Waals surface area (Å²) in [4.78, 5) is 4.43. The predicted molar refractivity (Wildman–Crippen MR) is 69.6 cm³/mol. The fourth-order valence-electron chi connectivity index (χ4n) is 1.75. The molecule has 0 bridgehead atoms. The molecule has 0 spiro atoms. The Bertz CT molecular complexity index is 536. The lowest BCUT2D eigenvalue weighted by Gasteiger charge is -2.19. The molecule has 0 amide bonds. The molecule has 0 radical (unpaired) electrons. The largest absolute Gasteiger partial charge is 0.383 e. The van der Waals surface area contributed by atoms with E-state index in [0.29, 0.717) is 5.82 Å². The Morgan fingerprint density at radius 3 is 2.44 bits per heavy atom. The molecule has 0 aliphatic carbocycles. The Hall–Kier alpha value is -1.57. The maximum Gasteiger partial charge on any atom is 0.127 e. The van der Waals surface area contributed by atoms with Crippen LogP contribution in [0.5, 0.6) is 0 Å². The second-order valence-electron chi connectivity index (χ2n) is 5.35. The number of anilines is 1. The molecule has 1 aromatic heterocycles. The zero-order chi connectivity index (χ0) is 11.9. The number of nitrogen functional groups attached to an aromatic ring is 1. The molecule has 16 heavy (non-hydrogen) atoms. The van der Waals surface area contributed by atoms with Gasteiger partial charge in [0.05, 0.1) is 5.52 Å². The van der Waals surface area contributed by atoms with Gasteiger partial charge in [0, 0.05) is 5.39 Å². The molecule has 2 rings (SSSR count). The smallest absolute Gasteiger partial charge is 0.127 e. The predicted octanol–water partition coefficient (Wildman–Crippen LogP) is 3.42. The summed E-state index contributed by atoms with van der Waals surface area (Å²) in [6, 6.07) is 8.50. The van der Waals surface area contributed by atoms with Crippen LogP contribution in [-0.2, 0) is 5.41 Å². The van der Waals surface area contributed by atoms with E-state index in [2.05, 4.69) is 50.0 Å². The number of rotatable bonds is 0. The van der Waals surface area contributed by atoms with Crippen molar-refractivity contribution in [2.45, 2.75) is 33.1 Å². The van der Waals surface area contributed by atoms with E-state index < -0.39 is 0 Å². The van der Waals surface area contributed by atoms with Crippen molar-refractivity contribution in [3.05, 3.63) is 35.4 Å². The highest BCUT2D eigenvalue weighted by atomic mass is 14.8. The van der Waals surface area contributed by atoms with E-state index in [-0.39, 0.29) is 5.41 Å². The van der Waals surface area contributed by atoms with Crippen molar-refractivity contribution in [1.29, 1.82) is 0 Å². The summed E-state index contributed by atoms with van der Waals surface area (Å²) >= 11 is 0. The average Bonchev–Trinajstić information content (AvgIpc) is 2.17. The fourth-order valence-corrected chi connectivity index (χ4v) is 1.75. The van der Waals surface area contributed by atoms with Gasteiger partial charge in [-0.3, -0.25) is 0 Å². The van der Waals surface area contributed by atoms with Crippen LogP contribution in [0.2, 0.25) is 0 Å². The summed E-state index contributed by atoms with van der Waals surface area (Å²) < 4.78 is 0. The van der Waals surface area contributed by atoms with Gasteiger partial charge in [0.25, 0.3) is 0 Å². The summed E-state index contributed by atoms with van der Waals surface area (Å²) in [5, 5.41) is 1.15. The topological polar surface area (TPSA) is 38.9 Å². The summed E-state index contributed by atoms with van der Waals surface area (Å²) in [5.41, 5.74) is 9.29. The van der Waals surface area contributed by atoms with Crippen molar-refractivity contribution >= 4 is 16.7 Å². The Labute approximate surface area is 96.5 Å². The Balaban J connectivity index is 2.67. The van der Waals surface area contributed by atoms with Gasteiger partial charge in [-0.05, 0) is 35.6 Å². The van der Waals surface area contributed by atoms with E-state index in [0.717, 1.165) is 16.5 Å². The monoisotopic (exact) mass is 214 g/mol. The first-order chi connectivity index (χ1) is 7.38. The number of nitrogens with zero attached hydrogens (tertiary/aromatic N) is 1. The fraction of sp³-hybridized carbons (Fsp3) is 0.357. The number of nitrogens with two attached hydrogens (primary N) is 1. The SMILES string of the molecule is Cc1cc2ccc(C(C)(C)C)cc2nc1N. The van der Waals surface area contributed by atoms with Gasteiger partial charge in [-0.1, -0.05) is 32.9 Å². The maximum atomic E-state index is 5.83. The molecule has 0 aliphatic rings. The molecule has 2 heteroatoms. The van der Waals surface area contributed by atoms with Crippen molar-refractivity contribution in [2.24, 2.45) is 0 Å². The molecule has 1 heterocycles. The van der Waals surface area contributed by atoms with Crippen molar-refractivity contribution in [1.82, 2.24) is 4.98 Å². The number of fused-ring (bicyclic) bond motifs is 1. The van der Waals surface area contributed by atoms with Crippen LogP contribution in [0.1, 0.15) is 31.9 Å². The molecule has 2 nitrogen and oxygen atoms in total. The quantitative estimate of drug-likeness (QED) is 0.729. The summed E-state index contributed by atoms with van der Waals surface area (Å²) in [6.07, 6.45) is 0. The summed E-state index contributed by atoms with van der Waals surface area (Å²) in [5.74, 6) is 0.624. The van der Waals surface area contributed by atoms with E-state index in [1.54, 1.807) is 0 Å². The van der Waals surface area contributed by atoms with Crippen molar-refractivity contribution in [3.8, 4) is 0 Å². The van der Waals surface area contributed by atoms with Crippen LogP contribution >= 0.6 is 0 Å². The average molecular weight is 214 g/mol. The van der Waals surface area contributed by atoms with E-state index in [1.807, 2.05) is 6.92 Å². The van der Waals surface area contributed by atoms with Gasteiger partial charge in [-0.2, -0.15) is 0 Å². The molecule has 0 aliphatic heterocycles. The third kappa shape index (κ3) is 1.87. The number of benzene rings is 1. The minimum atomic E-state index is 0.148. The van der Waals surface area contributed by atoms with Crippen LogP contribution in [0.4, 0.5) is 5.82 Å². The standard InChI is InChI=1S/C14H18N2/c1-9-7-10-5-6-11(14(2,3)4)8-12(10)16-13(9)15/h5-8H,1-4H3,(H2,15,16). The van der Waals surface area contributed by atoms with Gasteiger partial charge < -0.3 is 5.73 Å². The molecule has 0 atom stereocenters. The zero-order valence-corrected chi connectivity index (χ0v) is 10.3. The summed E-state index contributed by atoms with van der Waals surface area (Å²) in [6.45, 7) is 8.59. The highest BCUT2D eigenvalue weighted by molar-refractivity contribution is 5.82. The van der Waals surface area contributed by atoms with Crippen LogP contribution in [0.3, 0.4) is 0 Å². The summed E-state index contributed by atoms with van der Waals surface area (Å²) in [7, 11) is 0. The Kier molecular flexibility index (Phi) is 2.38. The first-order valence-electron chi connectivity index (χ1n) is 5.55. The number of aryl methyl sites for hydroxylation is 1. The second-order valence-corrected chi connectivity index (χ2v) is 5.35. The van der Waals surface area contributed by atoms with Gasteiger partial charge in [0.2, 0.25) is 0 Å². The van der Waals surface area contributed by atoms with Gasteiger partial charge >= 0.3 is 0 Å². The Morgan fingerprint density at radius 2 is 1.81 bits per heavy atom. The highest BCUT2D eigenvalue weighted by Crippen LogP contribution is 2.26. The second kappa shape index (κ2) is 3.48. The van der Waals surface area contributed by atoms with Crippen LogP contribution in [0.25, 0.3) is 10.9 Å². The number of hydrogen-bond donors (Lipinski definition) is 1. The van der Waals surface area contributed by atoms with Crippen LogP contribution < -0.4 is 5.73 Å². The highest BCUT2D eigenvalue weighted by Gasteiger charge is 2.14.